The molecule has 0 saturated carbocycles. The summed E-state index contributed by atoms with van der Waals surface area (Å²) in [5, 5.41) is 3.16. The normalized spacial score (nSPS) is 20.9. The van der Waals surface area contributed by atoms with E-state index in [-0.39, 0.29) is 6.17 Å². The van der Waals surface area contributed by atoms with Crippen molar-refractivity contribution >= 4 is 11.7 Å². The lowest BCUT2D eigenvalue weighted by Gasteiger charge is -2.17. The van der Waals surface area contributed by atoms with Crippen LogP contribution >= 0.6 is 0 Å². The summed E-state index contributed by atoms with van der Waals surface area (Å²) in [4.78, 5) is 8.70. The number of benzene rings is 1. The first-order valence-corrected chi connectivity index (χ1v) is 4.70. The minimum absolute atomic E-state index is 0.0199. The van der Waals surface area contributed by atoms with Crippen LogP contribution in [0.3, 0.4) is 0 Å². The predicted octanol–water partition coefficient (Wildman–Crippen LogP) is 1.80. The first kappa shape index (κ1) is 8.94. The average molecular weight is 187 g/mol. The van der Waals surface area contributed by atoms with Crippen LogP contribution in [0.4, 0.5) is 0 Å². The van der Waals surface area contributed by atoms with E-state index in [0.29, 0.717) is 0 Å². The molecule has 0 amide bonds. The molecule has 1 atom stereocenters. The van der Waals surface area contributed by atoms with Gasteiger partial charge in [0.05, 0.1) is 0 Å². The van der Waals surface area contributed by atoms with Crippen molar-refractivity contribution in [2.45, 2.75) is 20.0 Å². The van der Waals surface area contributed by atoms with Crippen molar-refractivity contribution in [2.24, 2.45) is 9.98 Å². The van der Waals surface area contributed by atoms with Crippen molar-refractivity contribution in [1.82, 2.24) is 5.32 Å². The minimum Gasteiger partial charge on any atom is -0.329 e. The van der Waals surface area contributed by atoms with Gasteiger partial charge in [-0.1, -0.05) is 30.3 Å². The second-order valence-corrected chi connectivity index (χ2v) is 3.32. The van der Waals surface area contributed by atoms with Gasteiger partial charge in [-0.05, 0) is 13.8 Å². The Labute approximate surface area is 83.6 Å². The van der Waals surface area contributed by atoms with E-state index >= 15 is 0 Å². The van der Waals surface area contributed by atoms with Crippen LogP contribution in [-0.4, -0.2) is 17.8 Å². The zero-order chi connectivity index (χ0) is 9.97. The van der Waals surface area contributed by atoms with Gasteiger partial charge in [0.1, 0.15) is 17.8 Å². The molecule has 0 spiro atoms. The summed E-state index contributed by atoms with van der Waals surface area (Å²) < 4.78 is 0. The fourth-order valence-corrected chi connectivity index (χ4v) is 1.47. The van der Waals surface area contributed by atoms with E-state index in [0.717, 1.165) is 17.2 Å². The predicted molar refractivity (Wildman–Crippen MR) is 58.7 cm³/mol. The van der Waals surface area contributed by atoms with E-state index in [9.17, 15) is 0 Å². The van der Waals surface area contributed by atoms with Gasteiger partial charge in [0.2, 0.25) is 0 Å². The quantitative estimate of drug-likeness (QED) is 0.715. The third-order valence-corrected chi connectivity index (χ3v) is 2.04. The smallest absolute Gasteiger partial charge is 0.141 e. The first-order valence-electron chi connectivity index (χ1n) is 4.70. The SMILES string of the molecule is CC1=NC(C)N=C(c2ccccc2)N1. The molecule has 0 saturated heterocycles. The van der Waals surface area contributed by atoms with Crippen LogP contribution in [0.15, 0.2) is 40.3 Å². The molecule has 2 rings (SSSR count). The van der Waals surface area contributed by atoms with E-state index in [1.165, 1.54) is 0 Å². The van der Waals surface area contributed by atoms with Crippen molar-refractivity contribution in [1.29, 1.82) is 0 Å². The van der Waals surface area contributed by atoms with E-state index < -0.39 is 0 Å². The molecule has 1 aliphatic rings. The van der Waals surface area contributed by atoms with Gasteiger partial charge in [-0.15, -0.1) is 0 Å². The maximum absolute atomic E-state index is 4.42. The van der Waals surface area contributed by atoms with Gasteiger partial charge in [-0.2, -0.15) is 0 Å². The van der Waals surface area contributed by atoms with Gasteiger partial charge < -0.3 is 5.32 Å². The third-order valence-electron chi connectivity index (χ3n) is 2.04. The van der Waals surface area contributed by atoms with E-state index in [1.807, 2.05) is 44.2 Å². The number of hydrogen-bond acceptors (Lipinski definition) is 3. The van der Waals surface area contributed by atoms with Crippen LogP contribution in [0, 0.1) is 0 Å². The Morgan fingerprint density at radius 3 is 2.50 bits per heavy atom. The minimum atomic E-state index is 0.0199. The Morgan fingerprint density at radius 2 is 1.86 bits per heavy atom. The summed E-state index contributed by atoms with van der Waals surface area (Å²) in [5.74, 6) is 1.83. The van der Waals surface area contributed by atoms with Crippen molar-refractivity contribution < 1.29 is 0 Å². The number of aliphatic imine (C=N–C) groups is 2. The highest BCUT2D eigenvalue weighted by atomic mass is 15.2. The van der Waals surface area contributed by atoms with Gasteiger partial charge in [-0.3, -0.25) is 0 Å². The fraction of sp³-hybridized carbons (Fsp3) is 0.273. The average Bonchev–Trinajstić information content (AvgIpc) is 2.18. The summed E-state index contributed by atoms with van der Waals surface area (Å²) in [7, 11) is 0. The molecule has 0 radical (unpaired) electrons. The molecule has 0 bridgehead atoms. The number of hydrogen-bond donors (Lipinski definition) is 1. The number of rotatable bonds is 1. The maximum Gasteiger partial charge on any atom is 0.141 e. The number of nitrogens with zero attached hydrogens (tertiary/aromatic N) is 2. The Balaban J connectivity index is 2.29. The molecule has 0 aliphatic carbocycles. The molecule has 3 heteroatoms. The van der Waals surface area contributed by atoms with Crippen LogP contribution in [0.2, 0.25) is 0 Å². The van der Waals surface area contributed by atoms with Gasteiger partial charge in [0, 0.05) is 5.56 Å². The van der Waals surface area contributed by atoms with Gasteiger partial charge in [0.25, 0.3) is 0 Å². The topological polar surface area (TPSA) is 36.8 Å². The summed E-state index contributed by atoms with van der Waals surface area (Å²) in [6.07, 6.45) is 0.0199. The van der Waals surface area contributed by atoms with Crippen LogP contribution in [-0.2, 0) is 0 Å². The zero-order valence-corrected chi connectivity index (χ0v) is 8.36. The largest absolute Gasteiger partial charge is 0.329 e. The van der Waals surface area contributed by atoms with Crippen molar-refractivity contribution in [2.75, 3.05) is 0 Å². The lowest BCUT2D eigenvalue weighted by molar-refractivity contribution is 0.769. The lowest BCUT2D eigenvalue weighted by Crippen LogP contribution is -2.34. The van der Waals surface area contributed by atoms with Crippen LogP contribution < -0.4 is 5.32 Å². The van der Waals surface area contributed by atoms with Crippen LogP contribution in [0.5, 0.6) is 0 Å². The standard InChI is InChI=1S/C11H13N3/c1-8-12-9(2)14-11(13-8)10-6-4-3-5-7-10/h3-8H,1-2H3,(H,12,13,14). The first-order chi connectivity index (χ1) is 6.75. The summed E-state index contributed by atoms with van der Waals surface area (Å²) in [6.45, 7) is 3.93. The van der Waals surface area contributed by atoms with Gasteiger partial charge in [0.15, 0.2) is 0 Å². The van der Waals surface area contributed by atoms with Crippen molar-refractivity contribution in [3.05, 3.63) is 35.9 Å². The van der Waals surface area contributed by atoms with E-state index in [4.69, 9.17) is 0 Å². The Hall–Kier alpha value is -1.64. The summed E-state index contributed by atoms with van der Waals surface area (Å²) in [6, 6.07) is 10.1. The highest BCUT2D eigenvalue weighted by Gasteiger charge is 2.10. The molecule has 14 heavy (non-hydrogen) atoms. The summed E-state index contributed by atoms with van der Waals surface area (Å²) in [5.41, 5.74) is 1.11. The molecule has 1 heterocycles. The Bertz CT molecular complexity index is 379. The molecular formula is C11H13N3. The molecule has 0 fully saturated rings. The molecule has 3 nitrogen and oxygen atoms in total. The third kappa shape index (κ3) is 1.82. The van der Waals surface area contributed by atoms with Crippen LogP contribution in [0.25, 0.3) is 0 Å². The number of amidine groups is 2. The lowest BCUT2D eigenvalue weighted by atomic mass is 10.2. The molecule has 1 aromatic carbocycles. The maximum atomic E-state index is 4.42. The molecular weight excluding hydrogens is 174 g/mol. The van der Waals surface area contributed by atoms with Gasteiger partial charge >= 0.3 is 0 Å². The van der Waals surface area contributed by atoms with Gasteiger partial charge in [-0.25, -0.2) is 9.98 Å². The molecule has 1 unspecified atom stereocenters. The van der Waals surface area contributed by atoms with Crippen molar-refractivity contribution in [3.8, 4) is 0 Å². The Morgan fingerprint density at radius 1 is 1.14 bits per heavy atom. The fourth-order valence-electron chi connectivity index (χ4n) is 1.47. The molecule has 1 N–H and O–H groups in total. The molecule has 1 aliphatic heterocycles. The highest BCUT2D eigenvalue weighted by molar-refractivity contribution is 6.09. The summed E-state index contributed by atoms with van der Waals surface area (Å²) >= 11 is 0. The molecule has 1 aromatic rings. The zero-order valence-electron chi connectivity index (χ0n) is 8.36. The van der Waals surface area contributed by atoms with E-state index in [1.54, 1.807) is 0 Å². The van der Waals surface area contributed by atoms with Crippen LogP contribution in [0.1, 0.15) is 19.4 Å². The second kappa shape index (κ2) is 3.62. The van der Waals surface area contributed by atoms with E-state index in [2.05, 4.69) is 15.3 Å². The molecule has 0 aromatic heterocycles. The van der Waals surface area contributed by atoms with Crippen molar-refractivity contribution in [3.63, 3.8) is 0 Å². The second-order valence-electron chi connectivity index (χ2n) is 3.32. The highest BCUT2D eigenvalue weighted by Crippen LogP contribution is 2.05. The number of nitrogens with one attached hydrogen (secondary N) is 1. The molecule has 72 valence electrons. The monoisotopic (exact) mass is 187 g/mol. The Kier molecular flexibility index (Phi) is 2.31.